The molecule has 0 unspecified atom stereocenters. The Labute approximate surface area is 80.1 Å². The van der Waals surface area contributed by atoms with E-state index in [2.05, 4.69) is 11.9 Å². The number of nitrogens with one attached hydrogen (secondary N) is 1. The summed E-state index contributed by atoms with van der Waals surface area (Å²) >= 11 is 0. The van der Waals surface area contributed by atoms with E-state index in [0.29, 0.717) is 13.1 Å². The third-order valence-electron chi connectivity index (χ3n) is 1.16. The predicted octanol–water partition coefficient (Wildman–Crippen LogP) is 0.517. The number of rotatable bonds is 7. The molecule has 1 N–H and O–H groups in total. The Morgan fingerprint density at radius 3 is 2.62 bits per heavy atom. The topological polar surface area (TPSA) is 55.4 Å². The van der Waals surface area contributed by atoms with E-state index in [4.69, 9.17) is 4.18 Å². The van der Waals surface area contributed by atoms with Crippen LogP contribution < -0.4 is 5.32 Å². The molecule has 78 valence electrons. The largest absolute Gasteiger partial charge is 0.312 e. The van der Waals surface area contributed by atoms with Gasteiger partial charge in [-0.3, -0.25) is 4.18 Å². The molecule has 0 aromatic carbocycles. The van der Waals surface area contributed by atoms with Crippen LogP contribution in [0.4, 0.5) is 0 Å². The van der Waals surface area contributed by atoms with Crippen LogP contribution >= 0.6 is 0 Å². The first-order valence-corrected chi connectivity index (χ1v) is 5.78. The Morgan fingerprint density at radius 2 is 2.15 bits per heavy atom. The molecule has 0 amide bonds. The fraction of sp³-hybridized carbons (Fsp3) is 0.750. The van der Waals surface area contributed by atoms with Gasteiger partial charge in [-0.05, 0) is 13.8 Å². The van der Waals surface area contributed by atoms with Gasteiger partial charge < -0.3 is 5.32 Å². The fourth-order valence-corrected chi connectivity index (χ4v) is 1.82. The summed E-state index contributed by atoms with van der Waals surface area (Å²) in [5.41, 5.74) is 0. The molecule has 4 nitrogen and oxygen atoms in total. The second kappa shape index (κ2) is 6.12. The Hall–Kier alpha value is -0.390. The lowest BCUT2D eigenvalue weighted by atomic mass is 10.5. The lowest BCUT2D eigenvalue weighted by Crippen LogP contribution is -2.25. The Kier molecular flexibility index (Phi) is 5.94. The van der Waals surface area contributed by atoms with Gasteiger partial charge in [0.25, 0.3) is 10.1 Å². The van der Waals surface area contributed by atoms with E-state index in [0.717, 1.165) is 0 Å². The quantitative estimate of drug-likeness (QED) is 0.375. The van der Waals surface area contributed by atoms with Crippen molar-refractivity contribution in [3.8, 4) is 0 Å². The molecule has 0 fully saturated rings. The predicted molar refractivity (Wildman–Crippen MR) is 53.1 cm³/mol. The van der Waals surface area contributed by atoms with Crippen LogP contribution in [-0.2, 0) is 14.3 Å². The van der Waals surface area contributed by atoms with Crippen molar-refractivity contribution in [3.63, 3.8) is 0 Å². The minimum Gasteiger partial charge on any atom is -0.312 e. The van der Waals surface area contributed by atoms with Crippen LogP contribution in [0.5, 0.6) is 0 Å². The SMILES string of the molecule is C=CCNCCS(=O)(=O)OC(C)C. The van der Waals surface area contributed by atoms with Crippen molar-refractivity contribution in [2.45, 2.75) is 20.0 Å². The standard InChI is InChI=1S/C8H17NO3S/c1-4-5-9-6-7-13(10,11)12-8(2)3/h4,8-9H,1,5-7H2,2-3H3. The van der Waals surface area contributed by atoms with Crippen LogP contribution in [0.3, 0.4) is 0 Å². The average Bonchev–Trinajstić information content (AvgIpc) is 1.95. The van der Waals surface area contributed by atoms with Gasteiger partial charge in [0, 0.05) is 13.1 Å². The van der Waals surface area contributed by atoms with Crippen molar-refractivity contribution < 1.29 is 12.6 Å². The highest BCUT2D eigenvalue weighted by molar-refractivity contribution is 7.86. The van der Waals surface area contributed by atoms with Gasteiger partial charge >= 0.3 is 0 Å². The summed E-state index contributed by atoms with van der Waals surface area (Å²) in [4.78, 5) is 0. The highest BCUT2D eigenvalue weighted by Crippen LogP contribution is 1.97. The van der Waals surface area contributed by atoms with Gasteiger partial charge in [0.1, 0.15) is 0 Å². The van der Waals surface area contributed by atoms with Crippen molar-refractivity contribution in [3.05, 3.63) is 12.7 Å². The lowest BCUT2D eigenvalue weighted by Gasteiger charge is -2.07. The van der Waals surface area contributed by atoms with Crippen LogP contribution in [0.15, 0.2) is 12.7 Å². The molecular weight excluding hydrogens is 190 g/mol. The van der Waals surface area contributed by atoms with Crippen molar-refractivity contribution in [2.75, 3.05) is 18.8 Å². The number of hydrogen-bond acceptors (Lipinski definition) is 4. The fourth-order valence-electron chi connectivity index (χ4n) is 0.743. The van der Waals surface area contributed by atoms with Crippen molar-refractivity contribution in [2.24, 2.45) is 0 Å². The Balaban J connectivity index is 3.70. The molecule has 0 atom stereocenters. The summed E-state index contributed by atoms with van der Waals surface area (Å²) in [5.74, 6) is -0.000972. The van der Waals surface area contributed by atoms with Gasteiger partial charge in [-0.25, -0.2) is 0 Å². The molecule has 0 aromatic heterocycles. The third kappa shape index (κ3) is 7.95. The molecule has 0 spiro atoms. The average molecular weight is 207 g/mol. The van der Waals surface area contributed by atoms with E-state index in [-0.39, 0.29) is 11.9 Å². The van der Waals surface area contributed by atoms with Crippen LogP contribution in [0.1, 0.15) is 13.8 Å². The molecule has 0 aromatic rings. The zero-order valence-corrected chi connectivity index (χ0v) is 8.93. The van der Waals surface area contributed by atoms with Crippen molar-refractivity contribution in [1.29, 1.82) is 0 Å². The van der Waals surface area contributed by atoms with E-state index < -0.39 is 10.1 Å². The van der Waals surface area contributed by atoms with Gasteiger partial charge in [-0.1, -0.05) is 6.08 Å². The Bertz CT molecular complexity index is 234. The molecule has 0 bridgehead atoms. The second-order valence-electron chi connectivity index (χ2n) is 2.90. The molecule has 0 saturated heterocycles. The zero-order valence-electron chi connectivity index (χ0n) is 8.12. The van der Waals surface area contributed by atoms with Crippen LogP contribution in [0.25, 0.3) is 0 Å². The molecule has 0 aliphatic rings. The zero-order chi connectivity index (χ0) is 10.3. The molecule has 0 aliphatic carbocycles. The van der Waals surface area contributed by atoms with E-state index in [1.807, 2.05) is 0 Å². The minimum absolute atomic E-state index is 0.000972. The maximum atomic E-state index is 11.1. The lowest BCUT2D eigenvalue weighted by molar-refractivity contribution is 0.249. The smallest absolute Gasteiger partial charge is 0.268 e. The highest BCUT2D eigenvalue weighted by Gasteiger charge is 2.12. The Morgan fingerprint density at radius 1 is 1.54 bits per heavy atom. The minimum atomic E-state index is -3.36. The van der Waals surface area contributed by atoms with Crippen LogP contribution in [0.2, 0.25) is 0 Å². The molecule has 5 heteroatoms. The first kappa shape index (κ1) is 12.6. The highest BCUT2D eigenvalue weighted by atomic mass is 32.2. The molecule has 0 aliphatic heterocycles. The maximum Gasteiger partial charge on any atom is 0.268 e. The number of hydrogen-bond donors (Lipinski definition) is 1. The van der Waals surface area contributed by atoms with Gasteiger partial charge in [0.05, 0.1) is 11.9 Å². The molecular formula is C8H17NO3S. The molecule has 0 radical (unpaired) electrons. The first-order chi connectivity index (χ1) is 5.98. The van der Waals surface area contributed by atoms with E-state index >= 15 is 0 Å². The van der Waals surface area contributed by atoms with Crippen LogP contribution in [-0.4, -0.2) is 33.4 Å². The van der Waals surface area contributed by atoms with Crippen LogP contribution in [0, 0.1) is 0 Å². The van der Waals surface area contributed by atoms with E-state index in [1.165, 1.54) is 0 Å². The molecule has 13 heavy (non-hydrogen) atoms. The van der Waals surface area contributed by atoms with Crippen molar-refractivity contribution >= 4 is 10.1 Å². The monoisotopic (exact) mass is 207 g/mol. The van der Waals surface area contributed by atoms with E-state index in [1.54, 1.807) is 19.9 Å². The summed E-state index contributed by atoms with van der Waals surface area (Å²) in [5, 5.41) is 2.89. The molecule has 0 saturated carbocycles. The van der Waals surface area contributed by atoms with Gasteiger partial charge in [-0.2, -0.15) is 8.42 Å². The summed E-state index contributed by atoms with van der Waals surface area (Å²) in [7, 11) is -3.36. The second-order valence-corrected chi connectivity index (χ2v) is 4.62. The first-order valence-electron chi connectivity index (χ1n) is 4.20. The molecule has 0 rings (SSSR count). The maximum absolute atomic E-state index is 11.1. The summed E-state index contributed by atoms with van der Waals surface area (Å²) in [6.45, 7) is 7.88. The van der Waals surface area contributed by atoms with Gasteiger partial charge in [-0.15, -0.1) is 6.58 Å². The molecule has 0 heterocycles. The normalized spacial score (nSPS) is 11.9. The summed E-state index contributed by atoms with van der Waals surface area (Å²) in [6.07, 6.45) is 1.39. The van der Waals surface area contributed by atoms with E-state index in [9.17, 15) is 8.42 Å². The summed E-state index contributed by atoms with van der Waals surface area (Å²) < 4.78 is 27.0. The van der Waals surface area contributed by atoms with Gasteiger partial charge in [0.15, 0.2) is 0 Å². The van der Waals surface area contributed by atoms with Gasteiger partial charge in [0.2, 0.25) is 0 Å². The van der Waals surface area contributed by atoms with Crippen molar-refractivity contribution in [1.82, 2.24) is 5.32 Å². The third-order valence-corrected chi connectivity index (χ3v) is 2.54. The summed E-state index contributed by atoms with van der Waals surface area (Å²) in [6, 6.07) is 0.